The molecule has 0 radical (unpaired) electrons. The van der Waals surface area contributed by atoms with E-state index >= 15 is 0 Å². The maximum atomic E-state index is 11.4. The zero-order chi connectivity index (χ0) is 12.6. The van der Waals surface area contributed by atoms with E-state index in [4.69, 9.17) is 0 Å². The number of hydrogen-bond donors (Lipinski definition) is 1. The van der Waals surface area contributed by atoms with Gasteiger partial charge in [0.15, 0.2) is 0 Å². The van der Waals surface area contributed by atoms with Crippen molar-refractivity contribution < 1.29 is 17.9 Å². The molecule has 0 aromatic rings. The van der Waals surface area contributed by atoms with Crippen LogP contribution in [-0.2, 0) is 19.6 Å². The third-order valence-corrected chi connectivity index (χ3v) is 3.34. The molecule has 0 fully saturated rings. The quantitative estimate of drug-likeness (QED) is 0.651. The maximum Gasteiger partial charge on any atom is 0.307 e. The van der Waals surface area contributed by atoms with Crippen molar-refractivity contribution in [1.82, 2.24) is 4.72 Å². The highest BCUT2D eigenvalue weighted by Gasteiger charge is 2.11. The number of hydrogen-bond acceptors (Lipinski definition) is 4. The molecule has 0 saturated heterocycles. The summed E-state index contributed by atoms with van der Waals surface area (Å²) in [4.78, 5) is 10.9. The van der Waals surface area contributed by atoms with E-state index < -0.39 is 10.0 Å². The second kappa shape index (κ2) is 7.62. The Hall–Kier alpha value is -0.620. The lowest BCUT2D eigenvalue weighted by molar-refractivity contribution is -0.142. The van der Waals surface area contributed by atoms with E-state index in [-0.39, 0.29) is 24.7 Å². The second-order valence-electron chi connectivity index (χ2n) is 3.95. The third-order valence-electron chi connectivity index (χ3n) is 1.92. The molecule has 0 aromatic heterocycles. The zero-order valence-electron chi connectivity index (χ0n) is 10.2. The van der Waals surface area contributed by atoms with Crippen LogP contribution in [0.3, 0.4) is 0 Å². The summed E-state index contributed by atoms with van der Waals surface area (Å²) in [5.41, 5.74) is 0. The standard InChI is InChI=1S/C10H21NO4S/c1-4-15-10(12)5-7-11-16(13,14)8-6-9(2)3/h9,11H,4-8H2,1-3H3. The first-order chi connectivity index (χ1) is 7.37. The van der Waals surface area contributed by atoms with Crippen LogP contribution in [0.25, 0.3) is 0 Å². The fourth-order valence-corrected chi connectivity index (χ4v) is 2.34. The van der Waals surface area contributed by atoms with Crippen molar-refractivity contribution in [2.75, 3.05) is 18.9 Å². The molecule has 0 atom stereocenters. The summed E-state index contributed by atoms with van der Waals surface area (Å²) in [6.07, 6.45) is 0.698. The predicted octanol–water partition coefficient (Wildman–Crippen LogP) is 0.905. The minimum Gasteiger partial charge on any atom is -0.466 e. The van der Waals surface area contributed by atoms with Gasteiger partial charge in [0.05, 0.1) is 18.8 Å². The van der Waals surface area contributed by atoms with Gasteiger partial charge < -0.3 is 4.74 Å². The van der Waals surface area contributed by atoms with Crippen molar-refractivity contribution in [2.24, 2.45) is 5.92 Å². The molecule has 16 heavy (non-hydrogen) atoms. The van der Waals surface area contributed by atoms with Crippen LogP contribution in [0.2, 0.25) is 0 Å². The van der Waals surface area contributed by atoms with Crippen LogP contribution in [0.4, 0.5) is 0 Å². The molecule has 96 valence electrons. The molecule has 0 aliphatic heterocycles. The Bertz CT molecular complexity index is 298. The van der Waals surface area contributed by atoms with Crippen LogP contribution < -0.4 is 4.72 Å². The monoisotopic (exact) mass is 251 g/mol. The van der Waals surface area contributed by atoms with Crippen molar-refractivity contribution in [3.63, 3.8) is 0 Å². The Labute approximate surface area is 97.6 Å². The minimum atomic E-state index is -3.25. The minimum absolute atomic E-state index is 0.0781. The molecule has 0 saturated carbocycles. The van der Waals surface area contributed by atoms with Gasteiger partial charge in [0.1, 0.15) is 0 Å². The largest absolute Gasteiger partial charge is 0.466 e. The van der Waals surface area contributed by atoms with Crippen molar-refractivity contribution >= 4 is 16.0 Å². The first-order valence-electron chi connectivity index (χ1n) is 5.50. The molecule has 0 aliphatic rings. The van der Waals surface area contributed by atoms with Gasteiger partial charge >= 0.3 is 5.97 Å². The Morgan fingerprint density at radius 1 is 1.38 bits per heavy atom. The van der Waals surface area contributed by atoms with Crippen molar-refractivity contribution in [3.8, 4) is 0 Å². The lowest BCUT2D eigenvalue weighted by Crippen LogP contribution is -2.29. The summed E-state index contributed by atoms with van der Waals surface area (Å²) in [5, 5.41) is 0. The topological polar surface area (TPSA) is 72.5 Å². The van der Waals surface area contributed by atoms with Crippen LogP contribution >= 0.6 is 0 Å². The molecular formula is C10H21NO4S. The smallest absolute Gasteiger partial charge is 0.307 e. The molecule has 6 heteroatoms. The lowest BCUT2D eigenvalue weighted by atomic mass is 10.2. The van der Waals surface area contributed by atoms with Gasteiger partial charge in [-0.25, -0.2) is 13.1 Å². The van der Waals surface area contributed by atoms with Crippen LogP contribution in [0.1, 0.15) is 33.6 Å². The molecule has 0 aliphatic carbocycles. The zero-order valence-corrected chi connectivity index (χ0v) is 11.0. The van der Waals surface area contributed by atoms with Crippen LogP contribution in [0.15, 0.2) is 0 Å². The van der Waals surface area contributed by atoms with Gasteiger partial charge in [-0.05, 0) is 19.3 Å². The highest BCUT2D eigenvalue weighted by atomic mass is 32.2. The van der Waals surface area contributed by atoms with E-state index in [0.717, 1.165) is 0 Å². The molecule has 0 bridgehead atoms. The van der Waals surface area contributed by atoms with Gasteiger partial charge in [-0.15, -0.1) is 0 Å². The number of esters is 1. The van der Waals surface area contributed by atoms with E-state index in [0.29, 0.717) is 18.9 Å². The molecule has 0 heterocycles. The average molecular weight is 251 g/mol. The maximum absolute atomic E-state index is 11.4. The van der Waals surface area contributed by atoms with Crippen LogP contribution in [0.5, 0.6) is 0 Å². The SMILES string of the molecule is CCOC(=O)CCNS(=O)(=O)CCC(C)C. The number of nitrogens with one attached hydrogen (secondary N) is 1. The Balaban J connectivity index is 3.78. The summed E-state index contributed by atoms with van der Waals surface area (Å²) in [6.45, 7) is 6.07. The van der Waals surface area contributed by atoms with Crippen molar-refractivity contribution in [2.45, 2.75) is 33.6 Å². The van der Waals surface area contributed by atoms with Crippen molar-refractivity contribution in [3.05, 3.63) is 0 Å². The van der Waals surface area contributed by atoms with E-state index in [1.54, 1.807) is 6.92 Å². The van der Waals surface area contributed by atoms with Crippen molar-refractivity contribution in [1.29, 1.82) is 0 Å². The molecule has 0 unspecified atom stereocenters. The fraction of sp³-hybridized carbons (Fsp3) is 0.900. The molecule has 0 aromatic carbocycles. The van der Waals surface area contributed by atoms with Crippen LogP contribution in [-0.4, -0.2) is 33.3 Å². The van der Waals surface area contributed by atoms with E-state index in [1.165, 1.54) is 0 Å². The number of rotatable bonds is 8. The summed E-state index contributed by atoms with van der Waals surface area (Å²) in [7, 11) is -3.25. The highest BCUT2D eigenvalue weighted by Crippen LogP contribution is 2.01. The predicted molar refractivity (Wildman–Crippen MR) is 62.5 cm³/mol. The summed E-state index contributed by atoms with van der Waals surface area (Å²) in [5.74, 6) is 0.0729. The van der Waals surface area contributed by atoms with Gasteiger partial charge in [-0.3, -0.25) is 4.79 Å². The molecule has 0 rings (SSSR count). The first kappa shape index (κ1) is 15.4. The van der Waals surface area contributed by atoms with Gasteiger partial charge in [-0.2, -0.15) is 0 Å². The Morgan fingerprint density at radius 2 is 2.00 bits per heavy atom. The highest BCUT2D eigenvalue weighted by molar-refractivity contribution is 7.89. The molecule has 0 amide bonds. The van der Waals surface area contributed by atoms with E-state index in [9.17, 15) is 13.2 Å². The number of sulfonamides is 1. The van der Waals surface area contributed by atoms with Gasteiger partial charge in [0.2, 0.25) is 10.0 Å². The molecule has 1 N–H and O–H groups in total. The lowest BCUT2D eigenvalue weighted by Gasteiger charge is -2.07. The van der Waals surface area contributed by atoms with E-state index in [1.807, 2.05) is 13.8 Å². The van der Waals surface area contributed by atoms with Gasteiger partial charge in [0.25, 0.3) is 0 Å². The Morgan fingerprint density at radius 3 is 2.50 bits per heavy atom. The summed E-state index contributed by atoms with van der Waals surface area (Å²) in [6, 6.07) is 0. The third kappa shape index (κ3) is 8.67. The number of ether oxygens (including phenoxy) is 1. The number of carbonyl (C=O) groups is 1. The summed E-state index contributed by atoms with van der Waals surface area (Å²) >= 11 is 0. The normalized spacial score (nSPS) is 11.8. The van der Waals surface area contributed by atoms with Gasteiger partial charge in [0, 0.05) is 6.54 Å². The fourth-order valence-electron chi connectivity index (χ4n) is 1.00. The molecule has 0 spiro atoms. The van der Waals surface area contributed by atoms with Gasteiger partial charge in [-0.1, -0.05) is 13.8 Å². The average Bonchev–Trinajstić information content (AvgIpc) is 2.15. The second-order valence-corrected chi connectivity index (χ2v) is 5.88. The number of carbonyl (C=O) groups excluding carboxylic acids is 1. The summed E-state index contributed by atoms with van der Waals surface area (Å²) < 4.78 is 29.9. The van der Waals surface area contributed by atoms with E-state index in [2.05, 4.69) is 9.46 Å². The molecular weight excluding hydrogens is 230 g/mol. The first-order valence-corrected chi connectivity index (χ1v) is 7.15. The van der Waals surface area contributed by atoms with Crippen LogP contribution in [0, 0.1) is 5.92 Å². The Kier molecular flexibility index (Phi) is 7.33. The molecule has 5 nitrogen and oxygen atoms in total.